The topological polar surface area (TPSA) is 55.2 Å². The van der Waals surface area contributed by atoms with Crippen molar-refractivity contribution in [3.63, 3.8) is 0 Å². The maximum atomic E-state index is 13.5. The molecule has 164 valence electrons. The normalized spacial score (nSPS) is 12.3. The number of benzene rings is 2. The molecule has 0 aliphatic carbocycles. The van der Waals surface area contributed by atoms with E-state index >= 15 is 0 Å². The van der Waals surface area contributed by atoms with E-state index in [9.17, 15) is 14.0 Å². The van der Waals surface area contributed by atoms with E-state index in [4.69, 9.17) is 4.98 Å². The van der Waals surface area contributed by atoms with Gasteiger partial charge >= 0.3 is 0 Å². The maximum Gasteiger partial charge on any atom is 0.261 e. The van der Waals surface area contributed by atoms with Crippen LogP contribution in [0.4, 0.5) is 4.39 Å². The summed E-state index contributed by atoms with van der Waals surface area (Å²) in [4.78, 5) is 33.2. The van der Waals surface area contributed by atoms with E-state index in [0.29, 0.717) is 47.7 Å². The summed E-state index contributed by atoms with van der Waals surface area (Å²) in [6.45, 7) is 9.11. The van der Waals surface area contributed by atoms with Gasteiger partial charge in [0, 0.05) is 18.7 Å². The summed E-state index contributed by atoms with van der Waals surface area (Å²) in [7, 11) is 0. The molecule has 1 aromatic heterocycles. The SMILES string of the molecule is CCC(c1nc2ccccc2c(=O)n1CC)N(CCC(C)C)C(=O)c1ccc(F)cc1. The molecule has 0 saturated carbocycles. The number of para-hydroxylation sites is 1. The smallest absolute Gasteiger partial charge is 0.261 e. The third-order valence-corrected chi connectivity index (χ3v) is 5.57. The Hall–Kier alpha value is -3.02. The fraction of sp³-hybridized carbons (Fsp3) is 0.400. The summed E-state index contributed by atoms with van der Waals surface area (Å²) >= 11 is 0. The number of carbonyl (C=O) groups is 1. The molecule has 0 aliphatic rings. The van der Waals surface area contributed by atoms with Crippen LogP contribution in [-0.4, -0.2) is 26.9 Å². The molecule has 1 atom stereocenters. The lowest BCUT2D eigenvalue weighted by molar-refractivity contribution is 0.0646. The van der Waals surface area contributed by atoms with Gasteiger partial charge in [0.2, 0.25) is 0 Å². The Kier molecular flexibility index (Phi) is 7.21. The Balaban J connectivity index is 2.13. The van der Waals surface area contributed by atoms with Crippen molar-refractivity contribution >= 4 is 16.8 Å². The number of halogens is 1. The minimum Gasteiger partial charge on any atom is -0.328 e. The van der Waals surface area contributed by atoms with Crippen LogP contribution in [0.5, 0.6) is 0 Å². The quantitative estimate of drug-likeness (QED) is 0.501. The lowest BCUT2D eigenvalue weighted by atomic mass is 10.0. The molecule has 0 N–H and O–H groups in total. The van der Waals surface area contributed by atoms with E-state index in [1.54, 1.807) is 15.5 Å². The van der Waals surface area contributed by atoms with Crippen molar-refractivity contribution in [2.24, 2.45) is 5.92 Å². The van der Waals surface area contributed by atoms with E-state index in [-0.39, 0.29) is 23.3 Å². The van der Waals surface area contributed by atoms with Crippen LogP contribution in [0.3, 0.4) is 0 Å². The van der Waals surface area contributed by atoms with Crippen molar-refractivity contribution in [1.82, 2.24) is 14.5 Å². The molecule has 3 rings (SSSR count). The van der Waals surface area contributed by atoms with Gasteiger partial charge in [-0.05, 0) is 62.1 Å². The van der Waals surface area contributed by atoms with Crippen molar-refractivity contribution in [3.05, 3.63) is 76.1 Å². The van der Waals surface area contributed by atoms with Crippen molar-refractivity contribution in [2.45, 2.75) is 53.1 Å². The largest absolute Gasteiger partial charge is 0.328 e. The first-order valence-corrected chi connectivity index (χ1v) is 10.9. The molecule has 1 amide bonds. The number of carbonyl (C=O) groups excluding carboxylic acids is 1. The zero-order valence-electron chi connectivity index (χ0n) is 18.6. The van der Waals surface area contributed by atoms with Crippen LogP contribution in [0.25, 0.3) is 10.9 Å². The lowest BCUT2D eigenvalue weighted by Crippen LogP contribution is -2.39. The van der Waals surface area contributed by atoms with Gasteiger partial charge in [0.1, 0.15) is 11.6 Å². The highest BCUT2D eigenvalue weighted by Gasteiger charge is 2.29. The summed E-state index contributed by atoms with van der Waals surface area (Å²) in [5.74, 6) is 0.428. The molecule has 1 heterocycles. The van der Waals surface area contributed by atoms with Gasteiger partial charge in [0.05, 0.1) is 16.9 Å². The molecule has 0 fully saturated rings. The summed E-state index contributed by atoms with van der Waals surface area (Å²) in [6, 6.07) is 12.5. The minimum absolute atomic E-state index is 0.0976. The highest BCUT2D eigenvalue weighted by Crippen LogP contribution is 2.26. The van der Waals surface area contributed by atoms with Crippen LogP contribution >= 0.6 is 0 Å². The summed E-state index contributed by atoms with van der Waals surface area (Å²) < 4.78 is 15.1. The molecule has 31 heavy (non-hydrogen) atoms. The van der Waals surface area contributed by atoms with Gasteiger partial charge < -0.3 is 4.90 Å². The Bertz CT molecular complexity index is 1110. The van der Waals surface area contributed by atoms with Gasteiger partial charge in [-0.2, -0.15) is 0 Å². The van der Waals surface area contributed by atoms with Gasteiger partial charge in [0.25, 0.3) is 11.5 Å². The average Bonchev–Trinajstić information content (AvgIpc) is 2.76. The van der Waals surface area contributed by atoms with Gasteiger partial charge in [0.15, 0.2) is 0 Å². The van der Waals surface area contributed by atoms with Crippen LogP contribution in [0.15, 0.2) is 53.3 Å². The van der Waals surface area contributed by atoms with Crippen LogP contribution in [0.1, 0.15) is 62.8 Å². The number of hydrogen-bond donors (Lipinski definition) is 0. The maximum absolute atomic E-state index is 13.5. The third kappa shape index (κ3) is 4.84. The van der Waals surface area contributed by atoms with Crippen LogP contribution in [-0.2, 0) is 6.54 Å². The summed E-state index contributed by atoms with van der Waals surface area (Å²) in [5.41, 5.74) is 0.957. The Morgan fingerprint density at radius 3 is 2.39 bits per heavy atom. The molecule has 2 aromatic carbocycles. The highest BCUT2D eigenvalue weighted by molar-refractivity contribution is 5.94. The number of fused-ring (bicyclic) bond motifs is 1. The first-order valence-electron chi connectivity index (χ1n) is 10.9. The van der Waals surface area contributed by atoms with E-state index in [1.165, 1.54) is 24.3 Å². The van der Waals surface area contributed by atoms with E-state index < -0.39 is 0 Å². The van der Waals surface area contributed by atoms with Gasteiger partial charge in [-0.3, -0.25) is 14.2 Å². The molecule has 0 bridgehead atoms. The minimum atomic E-state index is -0.381. The number of hydrogen-bond acceptors (Lipinski definition) is 3. The molecule has 0 radical (unpaired) electrons. The molecule has 6 heteroatoms. The predicted octanol–water partition coefficient (Wildman–Crippen LogP) is 5.20. The average molecular weight is 424 g/mol. The molecule has 0 aliphatic heterocycles. The fourth-order valence-corrected chi connectivity index (χ4v) is 3.84. The molecule has 0 saturated heterocycles. The predicted molar refractivity (Wildman–Crippen MR) is 122 cm³/mol. The molecule has 3 aromatic rings. The zero-order valence-corrected chi connectivity index (χ0v) is 18.6. The van der Waals surface area contributed by atoms with Crippen molar-refractivity contribution in [1.29, 1.82) is 0 Å². The molecule has 0 spiro atoms. The number of nitrogens with zero attached hydrogens (tertiary/aromatic N) is 3. The van der Waals surface area contributed by atoms with E-state index in [2.05, 4.69) is 13.8 Å². The molecular formula is C25H30FN3O2. The second-order valence-corrected chi connectivity index (χ2v) is 8.15. The van der Waals surface area contributed by atoms with Crippen molar-refractivity contribution < 1.29 is 9.18 Å². The lowest BCUT2D eigenvalue weighted by Gasteiger charge is -2.33. The van der Waals surface area contributed by atoms with Gasteiger partial charge in [-0.25, -0.2) is 9.37 Å². The van der Waals surface area contributed by atoms with Crippen molar-refractivity contribution in [2.75, 3.05) is 6.54 Å². The highest BCUT2D eigenvalue weighted by atomic mass is 19.1. The van der Waals surface area contributed by atoms with Crippen LogP contribution in [0.2, 0.25) is 0 Å². The monoisotopic (exact) mass is 423 g/mol. The Morgan fingerprint density at radius 1 is 1.10 bits per heavy atom. The van der Waals surface area contributed by atoms with Gasteiger partial charge in [-0.1, -0.05) is 32.9 Å². The second kappa shape index (κ2) is 9.86. The van der Waals surface area contributed by atoms with Gasteiger partial charge in [-0.15, -0.1) is 0 Å². The second-order valence-electron chi connectivity index (χ2n) is 8.15. The number of rotatable bonds is 8. The Labute approximate surface area is 182 Å². The standard InChI is InChI=1S/C25H30FN3O2/c1-5-22(23-27-21-10-8-7-9-20(21)25(31)28(23)6-2)29(16-15-17(3)4)24(30)18-11-13-19(26)14-12-18/h7-14,17,22H,5-6,15-16H2,1-4H3. The molecule has 5 nitrogen and oxygen atoms in total. The van der Waals surface area contributed by atoms with E-state index in [0.717, 1.165) is 6.42 Å². The summed E-state index contributed by atoms with van der Waals surface area (Å²) in [5, 5.41) is 0.571. The third-order valence-electron chi connectivity index (χ3n) is 5.57. The number of amides is 1. The summed E-state index contributed by atoms with van der Waals surface area (Å²) in [6.07, 6.45) is 1.42. The number of aromatic nitrogens is 2. The van der Waals surface area contributed by atoms with E-state index in [1.807, 2.05) is 32.0 Å². The molecular weight excluding hydrogens is 393 g/mol. The molecule has 1 unspecified atom stereocenters. The first-order chi connectivity index (χ1) is 14.9. The fourth-order valence-electron chi connectivity index (χ4n) is 3.84. The van der Waals surface area contributed by atoms with Crippen LogP contribution in [0, 0.1) is 11.7 Å². The van der Waals surface area contributed by atoms with Crippen molar-refractivity contribution in [3.8, 4) is 0 Å². The zero-order chi connectivity index (χ0) is 22.5. The Morgan fingerprint density at radius 2 is 1.77 bits per heavy atom. The van der Waals surface area contributed by atoms with Crippen LogP contribution < -0.4 is 5.56 Å². The first kappa shape index (κ1) is 22.7.